The fourth-order valence-electron chi connectivity index (χ4n) is 1.52. The Balaban J connectivity index is 2.25. The molecule has 0 saturated carbocycles. The number of hydrogen-bond acceptors (Lipinski definition) is 1. The minimum atomic E-state index is -4.39. The first kappa shape index (κ1) is 12.2. The molecule has 17 heavy (non-hydrogen) atoms. The standard InChI is InChI=1S/C12H9ClF3N/c13-11(12(14,15)16)7-9-6-5-8-3-1-2-4-10(8)17-9/h1-6,11H,7H2. The molecule has 5 heteroatoms. The molecule has 1 unspecified atom stereocenters. The lowest BCUT2D eigenvalue weighted by molar-refractivity contribution is -0.130. The monoisotopic (exact) mass is 259 g/mol. The van der Waals surface area contributed by atoms with Gasteiger partial charge in [-0.15, -0.1) is 11.6 Å². The van der Waals surface area contributed by atoms with Crippen molar-refractivity contribution < 1.29 is 13.2 Å². The first-order valence-corrected chi connectivity index (χ1v) is 5.46. The number of alkyl halides is 4. The van der Waals surface area contributed by atoms with Crippen molar-refractivity contribution in [1.29, 1.82) is 0 Å². The summed E-state index contributed by atoms with van der Waals surface area (Å²) in [5, 5.41) is -0.995. The van der Waals surface area contributed by atoms with Crippen molar-refractivity contribution in [3.63, 3.8) is 0 Å². The van der Waals surface area contributed by atoms with Crippen LogP contribution < -0.4 is 0 Å². The highest BCUT2D eigenvalue weighted by Gasteiger charge is 2.38. The normalized spacial score (nSPS) is 13.9. The van der Waals surface area contributed by atoms with E-state index in [2.05, 4.69) is 4.98 Å². The van der Waals surface area contributed by atoms with Crippen LogP contribution in [0.2, 0.25) is 0 Å². The average Bonchev–Trinajstić information content (AvgIpc) is 2.27. The number of halogens is 4. The van der Waals surface area contributed by atoms with E-state index in [0.29, 0.717) is 11.2 Å². The topological polar surface area (TPSA) is 12.9 Å². The molecule has 0 aliphatic heterocycles. The number of para-hydroxylation sites is 1. The smallest absolute Gasteiger partial charge is 0.253 e. The van der Waals surface area contributed by atoms with Crippen molar-refractivity contribution in [2.75, 3.05) is 0 Å². The van der Waals surface area contributed by atoms with Gasteiger partial charge in [0.05, 0.1) is 5.52 Å². The van der Waals surface area contributed by atoms with Crippen LogP contribution in [0.4, 0.5) is 13.2 Å². The zero-order valence-electron chi connectivity index (χ0n) is 8.71. The Kier molecular flexibility index (Phi) is 3.24. The molecule has 0 aliphatic carbocycles. The zero-order chi connectivity index (χ0) is 12.5. The molecule has 0 spiro atoms. The molecule has 1 aromatic heterocycles. The molecule has 0 amide bonds. The van der Waals surface area contributed by atoms with Gasteiger partial charge in [-0.05, 0) is 12.1 Å². The third kappa shape index (κ3) is 2.88. The second-order valence-corrected chi connectivity index (χ2v) is 4.24. The lowest BCUT2D eigenvalue weighted by Crippen LogP contribution is -2.25. The van der Waals surface area contributed by atoms with Gasteiger partial charge in [-0.1, -0.05) is 24.3 Å². The molecule has 0 radical (unpaired) electrons. The highest BCUT2D eigenvalue weighted by Crippen LogP contribution is 2.27. The lowest BCUT2D eigenvalue weighted by atomic mass is 10.1. The van der Waals surface area contributed by atoms with Crippen LogP contribution in [0.25, 0.3) is 10.9 Å². The van der Waals surface area contributed by atoms with Gasteiger partial charge in [0.2, 0.25) is 0 Å². The van der Waals surface area contributed by atoms with E-state index in [1.807, 2.05) is 12.1 Å². The molecule has 1 heterocycles. The van der Waals surface area contributed by atoms with E-state index in [0.717, 1.165) is 5.39 Å². The summed E-state index contributed by atoms with van der Waals surface area (Å²) < 4.78 is 36.9. The number of pyridine rings is 1. The lowest BCUT2D eigenvalue weighted by Gasteiger charge is -2.13. The quantitative estimate of drug-likeness (QED) is 0.744. The maximum Gasteiger partial charge on any atom is 0.405 e. The summed E-state index contributed by atoms with van der Waals surface area (Å²) in [6.07, 6.45) is -4.70. The van der Waals surface area contributed by atoms with Crippen molar-refractivity contribution in [3.05, 3.63) is 42.1 Å². The van der Waals surface area contributed by atoms with Gasteiger partial charge in [-0.25, -0.2) is 0 Å². The maximum atomic E-state index is 12.3. The zero-order valence-corrected chi connectivity index (χ0v) is 9.46. The number of aromatic nitrogens is 1. The third-order valence-electron chi connectivity index (χ3n) is 2.40. The van der Waals surface area contributed by atoms with Crippen molar-refractivity contribution >= 4 is 22.5 Å². The van der Waals surface area contributed by atoms with Crippen molar-refractivity contribution in [2.24, 2.45) is 0 Å². The van der Waals surface area contributed by atoms with Gasteiger partial charge >= 0.3 is 6.18 Å². The molecule has 0 saturated heterocycles. The SMILES string of the molecule is FC(F)(F)C(Cl)Cc1ccc2ccccc2n1. The highest BCUT2D eigenvalue weighted by molar-refractivity contribution is 6.21. The first-order chi connectivity index (χ1) is 7.97. The van der Waals surface area contributed by atoms with Gasteiger partial charge in [-0.3, -0.25) is 4.98 Å². The Morgan fingerprint density at radius 2 is 1.82 bits per heavy atom. The minimum Gasteiger partial charge on any atom is -0.253 e. The third-order valence-corrected chi connectivity index (χ3v) is 2.80. The van der Waals surface area contributed by atoms with E-state index >= 15 is 0 Å². The number of rotatable bonds is 2. The molecule has 1 nitrogen and oxygen atoms in total. The van der Waals surface area contributed by atoms with Gasteiger partial charge in [0, 0.05) is 17.5 Å². The van der Waals surface area contributed by atoms with Crippen LogP contribution in [-0.4, -0.2) is 16.5 Å². The van der Waals surface area contributed by atoms with Crippen LogP contribution in [0.5, 0.6) is 0 Å². The van der Waals surface area contributed by atoms with E-state index in [4.69, 9.17) is 11.6 Å². The molecule has 2 aromatic rings. The molecule has 1 atom stereocenters. The molecule has 2 rings (SSSR count). The first-order valence-electron chi connectivity index (χ1n) is 5.02. The number of hydrogen-bond donors (Lipinski definition) is 0. The Bertz CT molecular complexity index is 524. The minimum absolute atomic E-state index is 0.310. The summed E-state index contributed by atoms with van der Waals surface area (Å²) in [7, 11) is 0. The van der Waals surface area contributed by atoms with Gasteiger partial charge in [-0.2, -0.15) is 13.2 Å². The van der Waals surface area contributed by atoms with Gasteiger partial charge < -0.3 is 0 Å². The largest absolute Gasteiger partial charge is 0.405 e. The molecule has 1 aromatic carbocycles. The van der Waals surface area contributed by atoms with Gasteiger partial charge in [0.1, 0.15) is 5.38 Å². The molecular formula is C12H9ClF3N. The molecule has 0 bridgehead atoms. The van der Waals surface area contributed by atoms with Crippen LogP contribution in [0.15, 0.2) is 36.4 Å². The predicted molar refractivity (Wildman–Crippen MR) is 61.1 cm³/mol. The van der Waals surface area contributed by atoms with Crippen LogP contribution in [-0.2, 0) is 6.42 Å². The summed E-state index contributed by atoms with van der Waals surface area (Å²) in [6.45, 7) is 0. The van der Waals surface area contributed by atoms with Crippen LogP contribution in [0, 0.1) is 0 Å². The van der Waals surface area contributed by atoms with E-state index in [1.54, 1.807) is 24.3 Å². The Morgan fingerprint density at radius 3 is 2.53 bits per heavy atom. The number of nitrogens with zero attached hydrogens (tertiary/aromatic N) is 1. The molecule has 0 N–H and O–H groups in total. The second-order valence-electron chi connectivity index (χ2n) is 3.71. The molecule has 90 valence electrons. The predicted octanol–water partition coefficient (Wildman–Crippen LogP) is 3.95. The summed E-state index contributed by atoms with van der Waals surface area (Å²) in [5.41, 5.74) is 1.03. The summed E-state index contributed by atoms with van der Waals surface area (Å²) in [6, 6.07) is 10.6. The van der Waals surface area contributed by atoms with Crippen LogP contribution in [0.1, 0.15) is 5.69 Å². The van der Waals surface area contributed by atoms with E-state index < -0.39 is 11.6 Å². The highest BCUT2D eigenvalue weighted by atomic mass is 35.5. The van der Waals surface area contributed by atoms with Gasteiger partial charge in [0.15, 0.2) is 0 Å². The average molecular weight is 260 g/mol. The number of benzene rings is 1. The summed E-state index contributed by atoms with van der Waals surface area (Å²) in [4.78, 5) is 4.14. The second kappa shape index (κ2) is 4.53. The summed E-state index contributed by atoms with van der Waals surface area (Å²) >= 11 is 5.28. The Hall–Kier alpha value is -1.29. The Labute approximate surface area is 101 Å². The van der Waals surface area contributed by atoms with Crippen LogP contribution >= 0.6 is 11.6 Å². The van der Waals surface area contributed by atoms with Crippen LogP contribution in [0.3, 0.4) is 0 Å². The molecular weight excluding hydrogens is 251 g/mol. The fraction of sp³-hybridized carbons (Fsp3) is 0.250. The van der Waals surface area contributed by atoms with E-state index in [1.165, 1.54) is 0 Å². The van der Waals surface area contributed by atoms with E-state index in [-0.39, 0.29) is 6.42 Å². The molecule has 0 fully saturated rings. The van der Waals surface area contributed by atoms with Crippen molar-refractivity contribution in [2.45, 2.75) is 18.0 Å². The summed E-state index contributed by atoms with van der Waals surface area (Å²) in [5.74, 6) is 0. The van der Waals surface area contributed by atoms with Crippen molar-refractivity contribution in [3.8, 4) is 0 Å². The van der Waals surface area contributed by atoms with Crippen molar-refractivity contribution in [1.82, 2.24) is 4.98 Å². The number of fused-ring (bicyclic) bond motifs is 1. The fourth-order valence-corrected chi connectivity index (χ4v) is 1.68. The van der Waals surface area contributed by atoms with E-state index in [9.17, 15) is 13.2 Å². The maximum absolute atomic E-state index is 12.3. The Morgan fingerprint density at radius 1 is 1.12 bits per heavy atom. The molecule has 0 aliphatic rings. The van der Waals surface area contributed by atoms with Gasteiger partial charge in [0.25, 0.3) is 0 Å².